The summed E-state index contributed by atoms with van der Waals surface area (Å²) in [5, 5.41) is 0. The summed E-state index contributed by atoms with van der Waals surface area (Å²) in [5.74, 6) is 1.66. The van der Waals surface area contributed by atoms with Crippen LogP contribution in [0.4, 0.5) is 0 Å². The molecule has 0 bridgehead atoms. The van der Waals surface area contributed by atoms with E-state index in [1.54, 1.807) is 0 Å². The van der Waals surface area contributed by atoms with E-state index in [9.17, 15) is 0 Å². The second kappa shape index (κ2) is 2.77. The van der Waals surface area contributed by atoms with Gasteiger partial charge in [-0.1, -0.05) is 13.0 Å². The fourth-order valence-corrected chi connectivity index (χ4v) is 1.48. The largest absolute Gasteiger partial charge is 0.490 e. The van der Waals surface area contributed by atoms with Gasteiger partial charge in [-0.05, 0) is 18.9 Å². The lowest BCUT2D eigenvalue weighted by Gasteiger charge is -2.22. The molecule has 1 aliphatic carbocycles. The number of hydrogen-bond donors (Lipinski definition) is 0. The average molecular weight is 163 g/mol. The van der Waals surface area contributed by atoms with Crippen molar-refractivity contribution in [2.24, 2.45) is 10.9 Å². The topological polar surface area (TPSA) is 21.6 Å². The Morgan fingerprint density at radius 3 is 3.25 bits per heavy atom. The molecule has 1 atom stereocenters. The van der Waals surface area contributed by atoms with Gasteiger partial charge in [0, 0.05) is 6.42 Å². The smallest absolute Gasteiger partial charge is 0.126 e. The van der Waals surface area contributed by atoms with Gasteiger partial charge in [-0.25, -0.2) is 0 Å². The first-order valence-electron chi connectivity index (χ1n) is 4.34. The maximum Gasteiger partial charge on any atom is 0.126 e. The summed E-state index contributed by atoms with van der Waals surface area (Å²) in [7, 11) is 0. The van der Waals surface area contributed by atoms with E-state index in [0.717, 1.165) is 23.6 Å². The Bertz CT molecular complexity index is 286. The molecule has 2 heteroatoms. The Kier molecular flexibility index (Phi) is 1.75. The normalized spacial score (nSPS) is 27.8. The second-order valence-electron chi connectivity index (χ2n) is 3.48. The van der Waals surface area contributed by atoms with Crippen LogP contribution in [0.15, 0.2) is 28.6 Å². The highest BCUT2D eigenvalue weighted by atomic mass is 16.5. The van der Waals surface area contributed by atoms with Gasteiger partial charge >= 0.3 is 0 Å². The van der Waals surface area contributed by atoms with Crippen molar-refractivity contribution in [1.82, 2.24) is 0 Å². The molecule has 12 heavy (non-hydrogen) atoms. The zero-order valence-electron chi connectivity index (χ0n) is 7.50. The van der Waals surface area contributed by atoms with Crippen LogP contribution in [-0.2, 0) is 4.74 Å². The fraction of sp³-hybridized carbons (Fsp3) is 0.500. The zero-order chi connectivity index (χ0) is 8.55. The van der Waals surface area contributed by atoms with Gasteiger partial charge in [0.05, 0.1) is 5.71 Å². The van der Waals surface area contributed by atoms with E-state index in [2.05, 4.69) is 24.1 Å². The van der Waals surface area contributed by atoms with Crippen LogP contribution in [0.1, 0.15) is 20.3 Å². The molecule has 0 aromatic carbocycles. The molecule has 2 rings (SSSR count). The molecule has 0 fully saturated rings. The maximum absolute atomic E-state index is 5.56. The van der Waals surface area contributed by atoms with Crippen LogP contribution >= 0.6 is 0 Å². The summed E-state index contributed by atoms with van der Waals surface area (Å²) in [5.41, 5.74) is 2.09. The highest BCUT2D eigenvalue weighted by molar-refractivity contribution is 5.85. The minimum absolute atomic E-state index is 0.595. The van der Waals surface area contributed by atoms with Gasteiger partial charge in [0.2, 0.25) is 0 Å². The molecule has 2 nitrogen and oxygen atoms in total. The van der Waals surface area contributed by atoms with Gasteiger partial charge in [-0.15, -0.1) is 0 Å². The quantitative estimate of drug-likeness (QED) is 0.537. The molecule has 0 aromatic heterocycles. The molecule has 0 saturated heterocycles. The maximum atomic E-state index is 5.56. The minimum Gasteiger partial charge on any atom is -0.490 e. The fourth-order valence-electron chi connectivity index (χ4n) is 1.48. The number of nitrogens with zero attached hydrogens (tertiary/aromatic N) is 1. The summed E-state index contributed by atoms with van der Waals surface area (Å²) in [6.07, 6.45) is 5.25. The first-order valence-corrected chi connectivity index (χ1v) is 4.34. The van der Waals surface area contributed by atoms with E-state index in [4.69, 9.17) is 4.74 Å². The standard InChI is InChI=1S/C10H13NO/c1-7-3-4-9-10(5-7)12-6-8(2)11-9/h3-4,7H,5-6H2,1-2H3. The van der Waals surface area contributed by atoms with Crippen LogP contribution < -0.4 is 0 Å². The Morgan fingerprint density at radius 2 is 2.42 bits per heavy atom. The van der Waals surface area contributed by atoms with Gasteiger partial charge in [0.15, 0.2) is 0 Å². The molecule has 0 N–H and O–H groups in total. The Morgan fingerprint density at radius 1 is 1.58 bits per heavy atom. The molecule has 2 aliphatic rings. The molecule has 0 aromatic rings. The molecule has 0 amide bonds. The number of ether oxygens (including phenoxy) is 1. The third-order valence-electron chi connectivity index (χ3n) is 2.14. The van der Waals surface area contributed by atoms with Crippen molar-refractivity contribution < 1.29 is 4.74 Å². The van der Waals surface area contributed by atoms with Crippen LogP contribution in [0, 0.1) is 5.92 Å². The molecular weight excluding hydrogens is 150 g/mol. The lowest BCUT2D eigenvalue weighted by molar-refractivity contribution is 0.228. The van der Waals surface area contributed by atoms with Crippen molar-refractivity contribution in [3.63, 3.8) is 0 Å². The van der Waals surface area contributed by atoms with Gasteiger partial charge in [-0.2, -0.15) is 0 Å². The van der Waals surface area contributed by atoms with Gasteiger partial charge in [0.1, 0.15) is 18.1 Å². The minimum atomic E-state index is 0.595. The highest BCUT2D eigenvalue weighted by Crippen LogP contribution is 2.27. The molecule has 1 unspecified atom stereocenters. The third kappa shape index (κ3) is 1.29. The number of rotatable bonds is 0. The molecule has 1 heterocycles. The van der Waals surface area contributed by atoms with Crippen molar-refractivity contribution in [3.05, 3.63) is 23.6 Å². The molecular formula is C10H13NO. The lowest BCUT2D eigenvalue weighted by atomic mass is 9.99. The summed E-state index contributed by atoms with van der Waals surface area (Å²) in [6.45, 7) is 4.85. The number of aliphatic imine (C=N–C) groups is 1. The van der Waals surface area contributed by atoms with Crippen molar-refractivity contribution in [3.8, 4) is 0 Å². The van der Waals surface area contributed by atoms with Gasteiger partial charge < -0.3 is 4.74 Å². The van der Waals surface area contributed by atoms with Crippen LogP contribution in [0.3, 0.4) is 0 Å². The first kappa shape index (κ1) is 7.59. The Hall–Kier alpha value is -1.05. The van der Waals surface area contributed by atoms with E-state index in [1.807, 2.05) is 6.92 Å². The van der Waals surface area contributed by atoms with Crippen molar-refractivity contribution >= 4 is 5.71 Å². The number of hydrogen-bond acceptors (Lipinski definition) is 2. The zero-order valence-corrected chi connectivity index (χ0v) is 7.50. The predicted octanol–water partition coefficient (Wildman–Crippen LogP) is 2.29. The van der Waals surface area contributed by atoms with E-state index >= 15 is 0 Å². The molecule has 64 valence electrons. The average Bonchev–Trinajstić information content (AvgIpc) is 2.05. The SMILES string of the molecule is CC1=NC2=C(CC(C)C=C2)OC1. The molecule has 0 saturated carbocycles. The summed E-state index contributed by atoms with van der Waals surface area (Å²) in [6, 6.07) is 0. The van der Waals surface area contributed by atoms with Crippen molar-refractivity contribution in [1.29, 1.82) is 0 Å². The third-order valence-corrected chi connectivity index (χ3v) is 2.14. The van der Waals surface area contributed by atoms with Crippen LogP contribution in [0.5, 0.6) is 0 Å². The summed E-state index contributed by atoms with van der Waals surface area (Å²) in [4.78, 5) is 4.42. The second-order valence-corrected chi connectivity index (χ2v) is 3.48. The summed E-state index contributed by atoms with van der Waals surface area (Å²) >= 11 is 0. The van der Waals surface area contributed by atoms with E-state index in [-0.39, 0.29) is 0 Å². The molecule has 1 aliphatic heterocycles. The van der Waals surface area contributed by atoms with E-state index in [1.165, 1.54) is 0 Å². The highest BCUT2D eigenvalue weighted by Gasteiger charge is 2.17. The Labute approximate surface area is 72.6 Å². The predicted molar refractivity (Wildman–Crippen MR) is 49.0 cm³/mol. The van der Waals surface area contributed by atoms with Gasteiger partial charge in [0.25, 0.3) is 0 Å². The van der Waals surface area contributed by atoms with Crippen LogP contribution in [-0.4, -0.2) is 12.3 Å². The van der Waals surface area contributed by atoms with Crippen LogP contribution in [0.2, 0.25) is 0 Å². The van der Waals surface area contributed by atoms with Crippen molar-refractivity contribution in [2.75, 3.05) is 6.61 Å². The summed E-state index contributed by atoms with van der Waals surface area (Å²) < 4.78 is 5.56. The van der Waals surface area contributed by atoms with Gasteiger partial charge in [-0.3, -0.25) is 4.99 Å². The van der Waals surface area contributed by atoms with Crippen LogP contribution in [0.25, 0.3) is 0 Å². The monoisotopic (exact) mass is 163 g/mol. The first-order chi connectivity index (χ1) is 5.75. The number of allylic oxidation sites excluding steroid dienone is 3. The van der Waals surface area contributed by atoms with E-state index in [0.29, 0.717) is 12.5 Å². The molecule has 0 spiro atoms. The van der Waals surface area contributed by atoms with Crippen molar-refractivity contribution in [2.45, 2.75) is 20.3 Å². The molecule has 0 radical (unpaired) electrons. The van der Waals surface area contributed by atoms with E-state index < -0.39 is 0 Å². The lowest BCUT2D eigenvalue weighted by Crippen LogP contribution is -2.15. The Balaban J connectivity index is 2.29.